The molecule has 4 heteroatoms. The normalized spacial score (nSPS) is 12.0. The molecule has 1 aromatic carbocycles. The van der Waals surface area contributed by atoms with Crippen molar-refractivity contribution in [3.8, 4) is 5.75 Å². The zero-order valence-electron chi connectivity index (χ0n) is 14.1. The second kappa shape index (κ2) is 9.26. The highest BCUT2D eigenvalue weighted by Crippen LogP contribution is 2.24. The number of hydrogen-bond acceptors (Lipinski definition) is 3. The predicted octanol–water partition coefficient (Wildman–Crippen LogP) is 3.53. The Hall–Kier alpha value is -1.81. The van der Waals surface area contributed by atoms with E-state index < -0.39 is 0 Å². The Morgan fingerprint density at radius 3 is 2.68 bits per heavy atom. The van der Waals surface area contributed by atoms with Gasteiger partial charge in [0.1, 0.15) is 5.75 Å². The van der Waals surface area contributed by atoms with Gasteiger partial charge in [0.2, 0.25) is 5.91 Å². The lowest BCUT2D eigenvalue weighted by atomic mass is 10.1. The SMILES string of the molecule is C=CCc1cc(NC(C)=O)ccc1OCCC(C)NC(C)C. The second-order valence-corrected chi connectivity index (χ2v) is 5.86. The lowest BCUT2D eigenvalue weighted by Gasteiger charge is -2.18. The first-order valence-corrected chi connectivity index (χ1v) is 7.82. The van der Waals surface area contributed by atoms with Gasteiger partial charge < -0.3 is 15.4 Å². The second-order valence-electron chi connectivity index (χ2n) is 5.86. The van der Waals surface area contributed by atoms with E-state index in [2.05, 4.69) is 38.0 Å². The van der Waals surface area contributed by atoms with E-state index in [9.17, 15) is 4.79 Å². The molecule has 1 unspecified atom stereocenters. The first-order chi connectivity index (χ1) is 10.4. The Morgan fingerprint density at radius 1 is 1.36 bits per heavy atom. The van der Waals surface area contributed by atoms with Gasteiger partial charge in [-0.2, -0.15) is 0 Å². The van der Waals surface area contributed by atoms with Crippen LogP contribution in [0.2, 0.25) is 0 Å². The van der Waals surface area contributed by atoms with E-state index in [0.717, 1.165) is 23.4 Å². The van der Waals surface area contributed by atoms with Crippen LogP contribution in [0.25, 0.3) is 0 Å². The fourth-order valence-electron chi connectivity index (χ4n) is 2.31. The average Bonchev–Trinajstić information content (AvgIpc) is 2.40. The Labute approximate surface area is 133 Å². The highest BCUT2D eigenvalue weighted by Gasteiger charge is 2.07. The molecule has 0 aromatic heterocycles. The van der Waals surface area contributed by atoms with Gasteiger partial charge in [-0.3, -0.25) is 4.79 Å². The fraction of sp³-hybridized carbons (Fsp3) is 0.500. The standard InChI is InChI=1S/C18H28N2O2/c1-6-7-16-12-17(20-15(5)21)8-9-18(16)22-11-10-14(4)19-13(2)3/h6,8-9,12-14,19H,1,7,10-11H2,2-5H3,(H,20,21). The monoisotopic (exact) mass is 304 g/mol. The first kappa shape index (κ1) is 18.2. The van der Waals surface area contributed by atoms with Crippen molar-refractivity contribution >= 4 is 11.6 Å². The Bertz CT molecular complexity index is 498. The summed E-state index contributed by atoms with van der Waals surface area (Å²) in [5.41, 5.74) is 1.82. The lowest BCUT2D eigenvalue weighted by molar-refractivity contribution is -0.114. The maximum Gasteiger partial charge on any atom is 0.221 e. The fourth-order valence-corrected chi connectivity index (χ4v) is 2.31. The van der Waals surface area contributed by atoms with Crippen molar-refractivity contribution in [2.75, 3.05) is 11.9 Å². The maximum atomic E-state index is 11.1. The number of benzene rings is 1. The summed E-state index contributed by atoms with van der Waals surface area (Å²) in [5, 5.41) is 6.24. The van der Waals surface area contributed by atoms with Gasteiger partial charge in [-0.25, -0.2) is 0 Å². The van der Waals surface area contributed by atoms with Crippen LogP contribution >= 0.6 is 0 Å². The van der Waals surface area contributed by atoms with Crippen LogP contribution in [-0.4, -0.2) is 24.6 Å². The molecule has 0 aliphatic carbocycles. The Morgan fingerprint density at radius 2 is 2.09 bits per heavy atom. The molecule has 1 rings (SSSR count). The van der Waals surface area contributed by atoms with Crippen molar-refractivity contribution in [3.05, 3.63) is 36.4 Å². The van der Waals surface area contributed by atoms with E-state index in [1.54, 1.807) is 0 Å². The largest absolute Gasteiger partial charge is 0.493 e. The van der Waals surface area contributed by atoms with Crippen LogP contribution in [0.5, 0.6) is 5.75 Å². The van der Waals surface area contributed by atoms with Crippen LogP contribution in [0, 0.1) is 0 Å². The number of amides is 1. The van der Waals surface area contributed by atoms with Crippen molar-refractivity contribution in [1.29, 1.82) is 0 Å². The summed E-state index contributed by atoms with van der Waals surface area (Å²) in [6, 6.07) is 6.60. The molecule has 1 atom stereocenters. The molecular weight excluding hydrogens is 276 g/mol. The zero-order valence-corrected chi connectivity index (χ0v) is 14.1. The van der Waals surface area contributed by atoms with Gasteiger partial charge in [-0.05, 0) is 43.5 Å². The number of allylic oxidation sites excluding steroid dienone is 1. The molecule has 0 aliphatic rings. The third-order valence-corrected chi connectivity index (χ3v) is 3.17. The number of nitrogens with one attached hydrogen (secondary N) is 2. The minimum atomic E-state index is -0.0770. The average molecular weight is 304 g/mol. The molecule has 0 bridgehead atoms. The van der Waals surface area contributed by atoms with Crippen molar-refractivity contribution in [2.24, 2.45) is 0 Å². The van der Waals surface area contributed by atoms with E-state index in [-0.39, 0.29) is 5.91 Å². The van der Waals surface area contributed by atoms with Gasteiger partial charge in [0.25, 0.3) is 0 Å². The predicted molar refractivity (Wildman–Crippen MR) is 92.5 cm³/mol. The van der Waals surface area contributed by atoms with Crippen molar-refractivity contribution < 1.29 is 9.53 Å². The number of anilines is 1. The highest BCUT2D eigenvalue weighted by atomic mass is 16.5. The summed E-state index contributed by atoms with van der Waals surface area (Å²) < 4.78 is 5.90. The van der Waals surface area contributed by atoms with Gasteiger partial charge in [0.15, 0.2) is 0 Å². The van der Waals surface area contributed by atoms with Crippen LogP contribution in [0.15, 0.2) is 30.9 Å². The number of carbonyl (C=O) groups is 1. The van der Waals surface area contributed by atoms with E-state index in [4.69, 9.17) is 4.74 Å². The lowest BCUT2D eigenvalue weighted by Crippen LogP contribution is -2.33. The van der Waals surface area contributed by atoms with Crippen molar-refractivity contribution in [1.82, 2.24) is 5.32 Å². The molecule has 22 heavy (non-hydrogen) atoms. The minimum absolute atomic E-state index is 0.0770. The van der Waals surface area contributed by atoms with Crippen LogP contribution in [0.4, 0.5) is 5.69 Å². The van der Waals surface area contributed by atoms with Crippen LogP contribution < -0.4 is 15.4 Å². The molecule has 0 heterocycles. The molecule has 1 amide bonds. The Balaban J connectivity index is 2.64. The molecule has 2 N–H and O–H groups in total. The molecule has 0 aliphatic heterocycles. The van der Waals surface area contributed by atoms with E-state index in [1.807, 2.05) is 24.3 Å². The smallest absolute Gasteiger partial charge is 0.221 e. The topological polar surface area (TPSA) is 50.4 Å². The number of carbonyl (C=O) groups excluding carboxylic acids is 1. The quantitative estimate of drug-likeness (QED) is 0.686. The van der Waals surface area contributed by atoms with Crippen LogP contribution in [-0.2, 0) is 11.2 Å². The minimum Gasteiger partial charge on any atom is -0.493 e. The Kier molecular flexibility index (Phi) is 7.67. The van der Waals surface area contributed by atoms with Gasteiger partial charge in [0, 0.05) is 24.7 Å². The summed E-state index contributed by atoms with van der Waals surface area (Å²) in [7, 11) is 0. The molecule has 122 valence electrons. The third-order valence-electron chi connectivity index (χ3n) is 3.17. The molecule has 0 spiro atoms. The number of rotatable bonds is 9. The summed E-state index contributed by atoms with van der Waals surface area (Å²) in [6.07, 6.45) is 3.49. The first-order valence-electron chi connectivity index (χ1n) is 7.82. The third kappa shape index (κ3) is 6.76. The van der Waals surface area contributed by atoms with E-state index >= 15 is 0 Å². The van der Waals surface area contributed by atoms with Gasteiger partial charge in [-0.15, -0.1) is 6.58 Å². The molecule has 0 radical (unpaired) electrons. The van der Waals surface area contributed by atoms with Crippen LogP contribution in [0.1, 0.15) is 39.7 Å². The molecule has 0 saturated carbocycles. The maximum absolute atomic E-state index is 11.1. The van der Waals surface area contributed by atoms with Crippen LogP contribution in [0.3, 0.4) is 0 Å². The summed E-state index contributed by atoms with van der Waals surface area (Å²) >= 11 is 0. The highest BCUT2D eigenvalue weighted by molar-refractivity contribution is 5.88. The summed E-state index contributed by atoms with van der Waals surface area (Å²) in [5.74, 6) is 0.776. The van der Waals surface area contributed by atoms with Crippen molar-refractivity contribution in [3.63, 3.8) is 0 Å². The molecule has 0 saturated heterocycles. The summed E-state index contributed by atoms with van der Waals surface area (Å²) in [6.45, 7) is 12.4. The number of hydrogen-bond donors (Lipinski definition) is 2. The van der Waals surface area contributed by atoms with Crippen molar-refractivity contribution in [2.45, 2.75) is 52.6 Å². The van der Waals surface area contributed by atoms with E-state index in [1.165, 1.54) is 6.92 Å². The molecule has 4 nitrogen and oxygen atoms in total. The molecule has 1 aromatic rings. The van der Waals surface area contributed by atoms with Gasteiger partial charge in [0.05, 0.1) is 6.61 Å². The van der Waals surface area contributed by atoms with Gasteiger partial charge in [-0.1, -0.05) is 19.9 Å². The molecule has 0 fully saturated rings. The van der Waals surface area contributed by atoms with E-state index in [0.29, 0.717) is 25.1 Å². The van der Waals surface area contributed by atoms with Gasteiger partial charge >= 0.3 is 0 Å². The summed E-state index contributed by atoms with van der Waals surface area (Å²) in [4.78, 5) is 11.1. The molecular formula is C18H28N2O2. The number of ether oxygens (including phenoxy) is 1. The zero-order chi connectivity index (χ0) is 16.5.